The molecule has 0 saturated heterocycles. The smallest absolute Gasteiger partial charge is 0.254 e. The number of nitrogens with zero attached hydrogens (tertiary/aromatic N) is 2. The van der Waals surface area contributed by atoms with Crippen LogP contribution in [0.4, 0.5) is 0 Å². The SMILES string of the molecule is O=C(c1ccnc(Cl)c1)N1CCc2sccc2C1c1ccccc1. The van der Waals surface area contributed by atoms with Gasteiger partial charge in [0.2, 0.25) is 0 Å². The second-order valence-corrected chi connectivity index (χ2v) is 7.12. The maximum Gasteiger partial charge on any atom is 0.254 e. The Bertz CT molecular complexity index is 878. The van der Waals surface area contributed by atoms with Gasteiger partial charge in [-0.2, -0.15) is 0 Å². The normalized spacial score (nSPS) is 16.7. The number of rotatable bonds is 2. The highest BCUT2D eigenvalue weighted by molar-refractivity contribution is 7.10. The summed E-state index contributed by atoms with van der Waals surface area (Å²) < 4.78 is 0. The number of amides is 1. The molecule has 3 heterocycles. The van der Waals surface area contributed by atoms with Crippen LogP contribution in [0.5, 0.6) is 0 Å². The predicted molar refractivity (Wildman–Crippen MR) is 96.6 cm³/mol. The van der Waals surface area contributed by atoms with Crippen molar-refractivity contribution >= 4 is 28.8 Å². The first-order valence-corrected chi connectivity index (χ1v) is 9.03. The van der Waals surface area contributed by atoms with Gasteiger partial charge < -0.3 is 4.90 Å². The van der Waals surface area contributed by atoms with Crippen LogP contribution in [0.25, 0.3) is 0 Å². The van der Waals surface area contributed by atoms with Gasteiger partial charge >= 0.3 is 0 Å². The van der Waals surface area contributed by atoms with Gasteiger partial charge in [0.05, 0.1) is 6.04 Å². The van der Waals surface area contributed by atoms with Crippen molar-refractivity contribution < 1.29 is 4.79 Å². The molecule has 1 atom stereocenters. The highest BCUT2D eigenvalue weighted by Crippen LogP contribution is 2.38. The zero-order valence-electron chi connectivity index (χ0n) is 12.9. The van der Waals surface area contributed by atoms with Crippen molar-refractivity contribution in [2.45, 2.75) is 12.5 Å². The summed E-state index contributed by atoms with van der Waals surface area (Å²) in [7, 11) is 0. The summed E-state index contributed by atoms with van der Waals surface area (Å²) in [5, 5.41) is 2.45. The molecule has 0 saturated carbocycles. The van der Waals surface area contributed by atoms with Crippen LogP contribution in [0, 0.1) is 0 Å². The molecule has 24 heavy (non-hydrogen) atoms. The lowest BCUT2D eigenvalue weighted by atomic mass is 9.92. The van der Waals surface area contributed by atoms with Crippen molar-refractivity contribution in [3.8, 4) is 0 Å². The first-order valence-electron chi connectivity index (χ1n) is 7.78. The van der Waals surface area contributed by atoms with Crippen LogP contribution in [-0.4, -0.2) is 22.3 Å². The van der Waals surface area contributed by atoms with E-state index in [4.69, 9.17) is 11.6 Å². The fraction of sp³-hybridized carbons (Fsp3) is 0.158. The molecule has 0 bridgehead atoms. The van der Waals surface area contributed by atoms with Crippen molar-refractivity contribution in [3.05, 3.63) is 86.8 Å². The van der Waals surface area contributed by atoms with Crippen LogP contribution in [-0.2, 0) is 6.42 Å². The van der Waals surface area contributed by atoms with E-state index in [0.717, 1.165) is 12.0 Å². The van der Waals surface area contributed by atoms with Gasteiger partial charge in [-0.1, -0.05) is 41.9 Å². The number of halogens is 1. The average Bonchev–Trinajstić information content (AvgIpc) is 3.09. The van der Waals surface area contributed by atoms with Crippen molar-refractivity contribution in [2.24, 2.45) is 0 Å². The third-order valence-corrected chi connectivity index (χ3v) is 5.52. The first kappa shape index (κ1) is 15.4. The molecule has 1 aromatic carbocycles. The molecule has 3 nitrogen and oxygen atoms in total. The van der Waals surface area contributed by atoms with Gasteiger partial charge in [0, 0.05) is 23.2 Å². The maximum atomic E-state index is 13.1. The molecule has 3 aromatic rings. The first-order chi connectivity index (χ1) is 11.7. The summed E-state index contributed by atoms with van der Waals surface area (Å²) in [5.41, 5.74) is 2.94. The summed E-state index contributed by atoms with van der Waals surface area (Å²) in [6.45, 7) is 0.700. The molecule has 0 N–H and O–H groups in total. The Morgan fingerprint density at radius 1 is 1.21 bits per heavy atom. The van der Waals surface area contributed by atoms with E-state index in [1.165, 1.54) is 10.4 Å². The molecule has 0 radical (unpaired) electrons. The van der Waals surface area contributed by atoms with E-state index >= 15 is 0 Å². The van der Waals surface area contributed by atoms with Crippen LogP contribution in [0.15, 0.2) is 60.1 Å². The lowest BCUT2D eigenvalue weighted by molar-refractivity contribution is 0.0696. The maximum absolute atomic E-state index is 13.1. The third-order valence-electron chi connectivity index (χ3n) is 4.32. The molecule has 120 valence electrons. The molecule has 1 aliphatic heterocycles. The number of benzene rings is 1. The van der Waals surface area contributed by atoms with Gasteiger partial charge in [0.25, 0.3) is 5.91 Å². The summed E-state index contributed by atoms with van der Waals surface area (Å²) in [6.07, 6.45) is 2.47. The molecule has 4 rings (SSSR count). The fourth-order valence-electron chi connectivity index (χ4n) is 3.23. The third kappa shape index (κ3) is 2.72. The molecule has 5 heteroatoms. The number of carbonyl (C=O) groups is 1. The van der Waals surface area contributed by atoms with Crippen LogP contribution in [0.3, 0.4) is 0 Å². The largest absolute Gasteiger partial charge is 0.327 e. The van der Waals surface area contributed by atoms with E-state index in [-0.39, 0.29) is 11.9 Å². The van der Waals surface area contributed by atoms with E-state index < -0.39 is 0 Å². The zero-order chi connectivity index (χ0) is 16.5. The van der Waals surface area contributed by atoms with Crippen molar-refractivity contribution in [3.63, 3.8) is 0 Å². The Kier molecular flexibility index (Phi) is 4.08. The number of hydrogen-bond acceptors (Lipinski definition) is 3. The number of carbonyl (C=O) groups excluding carboxylic acids is 1. The van der Waals surface area contributed by atoms with Gasteiger partial charge in [-0.05, 0) is 41.1 Å². The Balaban J connectivity index is 1.78. The minimum Gasteiger partial charge on any atom is -0.327 e. The van der Waals surface area contributed by atoms with E-state index in [1.54, 1.807) is 29.7 Å². The molecular weight excluding hydrogens is 340 g/mol. The lowest BCUT2D eigenvalue weighted by Crippen LogP contribution is -2.40. The topological polar surface area (TPSA) is 33.2 Å². The summed E-state index contributed by atoms with van der Waals surface area (Å²) in [6, 6.07) is 15.6. The van der Waals surface area contributed by atoms with Crippen molar-refractivity contribution in [2.75, 3.05) is 6.54 Å². The van der Waals surface area contributed by atoms with E-state index in [2.05, 4.69) is 28.6 Å². The molecular formula is C19H15ClN2OS. The molecule has 0 spiro atoms. The standard InChI is InChI=1S/C19H15ClN2OS/c20-17-12-14(6-9-21-17)19(23)22-10-7-16-15(8-11-24-16)18(22)13-4-2-1-3-5-13/h1-6,8-9,11-12,18H,7,10H2. The minimum absolute atomic E-state index is 0.00926. The number of hydrogen-bond donors (Lipinski definition) is 0. The monoisotopic (exact) mass is 354 g/mol. The van der Waals surface area contributed by atoms with Gasteiger partial charge in [-0.15, -0.1) is 11.3 Å². The van der Waals surface area contributed by atoms with E-state index in [1.807, 2.05) is 23.1 Å². The Morgan fingerprint density at radius 3 is 2.83 bits per heavy atom. The Morgan fingerprint density at radius 2 is 2.04 bits per heavy atom. The molecule has 1 unspecified atom stereocenters. The van der Waals surface area contributed by atoms with Gasteiger partial charge in [0.15, 0.2) is 0 Å². The van der Waals surface area contributed by atoms with E-state index in [9.17, 15) is 4.79 Å². The van der Waals surface area contributed by atoms with Crippen LogP contribution in [0.2, 0.25) is 5.15 Å². The predicted octanol–water partition coefficient (Wildman–Crippen LogP) is 4.58. The van der Waals surface area contributed by atoms with Crippen molar-refractivity contribution in [1.29, 1.82) is 0 Å². The summed E-state index contributed by atoms with van der Waals surface area (Å²) in [4.78, 5) is 20.4. The summed E-state index contributed by atoms with van der Waals surface area (Å²) in [5.74, 6) is -0.00926. The summed E-state index contributed by atoms with van der Waals surface area (Å²) >= 11 is 7.73. The molecule has 1 amide bonds. The van der Waals surface area contributed by atoms with Crippen LogP contribution >= 0.6 is 22.9 Å². The molecule has 2 aromatic heterocycles. The number of pyridine rings is 1. The lowest BCUT2D eigenvalue weighted by Gasteiger charge is -2.36. The van der Waals surface area contributed by atoms with Gasteiger partial charge in [-0.3, -0.25) is 4.79 Å². The highest BCUT2D eigenvalue weighted by Gasteiger charge is 2.33. The number of fused-ring (bicyclic) bond motifs is 1. The van der Waals surface area contributed by atoms with Gasteiger partial charge in [0.1, 0.15) is 5.15 Å². The number of aromatic nitrogens is 1. The number of thiophene rings is 1. The molecule has 0 fully saturated rings. The van der Waals surface area contributed by atoms with E-state index in [0.29, 0.717) is 17.3 Å². The second kappa shape index (κ2) is 6.38. The van der Waals surface area contributed by atoms with Crippen LogP contribution < -0.4 is 0 Å². The molecule has 1 aliphatic rings. The van der Waals surface area contributed by atoms with Crippen molar-refractivity contribution in [1.82, 2.24) is 9.88 Å². The zero-order valence-corrected chi connectivity index (χ0v) is 14.4. The Hall–Kier alpha value is -2.17. The Labute approximate surface area is 149 Å². The minimum atomic E-state index is -0.0550. The quantitative estimate of drug-likeness (QED) is 0.631. The van der Waals surface area contributed by atoms with Crippen LogP contribution in [0.1, 0.15) is 32.4 Å². The van der Waals surface area contributed by atoms with Gasteiger partial charge in [-0.25, -0.2) is 4.98 Å². The average molecular weight is 355 g/mol. The second-order valence-electron chi connectivity index (χ2n) is 5.73. The fourth-order valence-corrected chi connectivity index (χ4v) is 4.31. The molecule has 0 aliphatic carbocycles. The highest BCUT2D eigenvalue weighted by atomic mass is 35.5.